The highest BCUT2D eigenvalue weighted by Crippen LogP contribution is 2.65. The van der Waals surface area contributed by atoms with Gasteiger partial charge in [-0.15, -0.1) is 0 Å². The highest BCUT2D eigenvalue weighted by molar-refractivity contribution is 6.12. The molecule has 0 radical (unpaired) electrons. The van der Waals surface area contributed by atoms with Gasteiger partial charge in [0.05, 0.1) is 37.3 Å². The van der Waals surface area contributed by atoms with Gasteiger partial charge in [0.15, 0.2) is 0 Å². The van der Waals surface area contributed by atoms with Gasteiger partial charge < -0.3 is 30.1 Å². The Balaban J connectivity index is 1.38. The fraction of sp³-hybridized carbons (Fsp3) is 0.271. The molecule has 3 aliphatic heterocycles. The average Bonchev–Trinajstić information content (AvgIpc) is 3.74. The predicted octanol–water partition coefficient (Wildman–Crippen LogP) is 6.15. The second-order valence-electron chi connectivity index (χ2n) is 14.8. The normalized spacial score (nSPS) is 23.9. The number of hydrogen-bond acceptors (Lipinski definition) is 9. The summed E-state index contributed by atoms with van der Waals surface area (Å²) in [6.45, 7) is -0.202. The van der Waals surface area contributed by atoms with E-state index in [1.54, 1.807) is 36.4 Å². The Hall–Kier alpha value is -6.09. The van der Waals surface area contributed by atoms with Gasteiger partial charge in [-0.2, -0.15) is 0 Å². The third-order valence-electron chi connectivity index (χ3n) is 11.5. The van der Waals surface area contributed by atoms with E-state index in [-0.39, 0.29) is 44.9 Å². The number of rotatable bonds is 12. The quantitative estimate of drug-likeness (QED) is 0.0867. The summed E-state index contributed by atoms with van der Waals surface area (Å²) in [5.41, 5.74) is 2.80. The number of hydrogen-bond donors (Lipinski definition) is 4. The second-order valence-corrected chi connectivity index (χ2v) is 14.8. The van der Waals surface area contributed by atoms with Crippen LogP contribution in [0.5, 0.6) is 5.75 Å². The molecular formula is C48H44N2O8. The minimum Gasteiger partial charge on any atom is -0.491 e. The van der Waals surface area contributed by atoms with Crippen LogP contribution in [0.3, 0.4) is 0 Å². The Morgan fingerprint density at radius 1 is 0.810 bits per heavy atom. The van der Waals surface area contributed by atoms with E-state index in [4.69, 9.17) is 9.47 Å². The number of esters is 1. The molecule has 8 rings (SSSR count). The number of anilines is 1. The molecule has 2 fully saturated rings. The SMILES string of the molecule is O=C1O[C@@H](c2ccccc2)[C@@H](c2ccccc2)N2[C@@H](c3ccc(OCCO)cc3)[C@]3(C(=O)Nc4ccc(C#CCCO)cc43)[C@@H](C(=O)CC[C@H](O)c3ccccc3)[C@H]12. The van der Waals surface area contributed by atoms with E-state index in [1.165, 1.54) is 0 Å². The highest BCUT2D eigenvalue weighted by Gasteiger charge is 2.73. The van der Waals surface area contributed by atoms with Crippen molar-refractivity contribution in [3.05, 3.63) is 167 Å². The van der Waals surface area contributed by atoms with E-state index in [2.05, 4.69) is 17.2 Å². The molecule has 58 heavy (non-hydrogen) atoms. The molecular weight excluding hydrogens is 733 g/mol. The summed E-state index contributed by atoms with van der Waals surface area (Å²) in [6.07, 6.45) is -1.59. The van der Waals surface area contributed by atoms with Crippen molar-refractivity contribution < 1.29 is 39.2 Å². The minimum absolute atomic E-state index is 0.0641. The van der Waals surface area contributed by atoms with Crippen molar-refractivity contribution in [2.45, 2.75) is 55.0 Å². The molecule has 5 aromatic carbocycles. The van der Waals surface area contributed by atoms with Crippen LogP contribution in [0.2, 0.25) is 0 Å². The molecule has 0 unspecified atom stereocenters. The summed E-state index contributed by atoms with van der Waals surface area (Å²) in [4.78, 5) is 47.6. The third kappa shape index (κ3) is 6.97. The maximum absolute atomic E-state index is 15.3. The lowest BCUT2D eigenvalue weighted by atomic mass is 9.63. The van der Waals surface area contributed by atoms with Crippen LogP contribution in [-0.2, 0) is 24.5 Å². The molecule has 10 heteroatoms. The van der Waals surface area contributed by atoms with Gasteiger partial charge in [0.2, 0.25) is 5.91 Å². The monoisotopic (exact) mass is 776 g/mol. The van der Waals surface area contributed by atoms with Crippen molar-refractivity contribution in [2.75, 3.05) is 25.1 Å². The summed E-state index contributed by atoms with van der Waals surface area (Å²) in [5, 5.41) is 33.3. The Bertz CT molecular complexity index is 2330. The molecule has 0 bridgehead atoms. The number of ether oxygens (including phenoxy) is 2. The predicted molar refractivity (Wildman–Crippen MR) is 216 cm³/mol. The number of Topliss-reactive ketones (excluding diaryl/α,β-unsaturated/α-hetero) is 1. The lowest BCUT2D eigenvalue weighted by Gasteiger charge is -2.46. The van der Waals surface area contributed by atoms with Crippen molar-refractivity contribution in [2.24, 2.45) is 5.92 Å². The van der Waals surface area contributed by atoms with Gasteiger partial charge in [0, 0.05) is 24.1 Å². The molecule has 1 spiro atoms. The molecule has 7 atom stereocenters. The lowest BCUT2D eigenvalue weighted by Crippen LogP contribution is -2.52. The van der Waals surface area contributed by atoms with E-state index in [1.807, 2.05) is 102 Å². The van der Waals surface area contributed by atoms with E-state index < -0.39 is 53.5 Å². The summed E-state index contributed by atoms with van der Waals surface area (Å²) in [5.74, 6) is 3.88. The summed E-state index contributed by atoms with van der Waals surface area (Å²) in [7, 11) is 0. The van der Waals surface area contributed by atoms with E-state index >= 15 is 9.59 Å². The van der Waals surface area contributed by atoms with Crippen molar-refractivity contribution >= 4 is 23.3 Å². The number of cyclic esters (lactones) is 1. The number of aliphatic hydroxyl groups excluding tert-OH is 3. The first-order chi connectivity index (χ1) is 28.4. The molecule has 294 valence electrons. The molecule has 4 N–H and O–H groups in total. The first kappa shape index (κ1) is 38.8. The number of amides is 1. The molecule has 1 amide bonds. The van der Waals surface area contributed by atoms with Crippen LogP contribution in [0.25, 0.3) is 0 Å². The number of nitrogens with one attached hydrogen (secondary N) is 1. The van der Waals surface area contributed by atoms with Gasteiger partial charge in [-0.25, -0.2) is 0 Å². The van der Waals surface area contributed by atoms with Gasteiger partial charge in [0.1, 0.15) is 35.7 Å². The summed E-state index contributed by atoms with van der Waals surface area (Å²) >= 11 is 0. The lowest BCUT2D eigenvalue weighted by molar-refractivity contribution is -0.178. The first-order valence-electron chi connectivity index (χ1n) is 19.6. The van der Waals surface area contributed by atoms with Crippen LogP contribution in [0, 0.1) is 17.8 Å². The first-order valence-corrected chi connectivity index (χ1v) is 19.6. The van der Waals surface area contributed by atoms with Gasteiger partial charge in [-0.1, -0.05) is 115 Å². The van der Waals surface area contributed by atoms with Gasteiger partial charge in [0.25, 0.3) is 0 Å². The third-order valence-corrected chi connectivity index (χ3v) is 11.5. The number of aliphatic hydroxyl groups is 3. The maximum atomic E-state index is 15.3. The highest BCUT2D eigenvalue weighted by atomic mass is 16.6. The fourth-order valence-electron chi connectivity index (χ4n) is 9.16. The molecule has 3 aliphatic rings. The Labute approximate surface area is 337 Å². The molecule has 2 saturated heterocycles. The van der Waals surface area contributed by atoms with Crippen molar-refractivity contribution in [3.8, 4) is 17.6 Å². The standard InChI is InChI=1S/C48H44N2O8/c51-27-11-10-12-31-19-24-38-37(30-31)48(47(56)49-38)41(40(54)26-25-39(53)32-13-4-1-5-14-32)43-46(55)58-44(34-17-8-3-9-18-34)42(33-15-6-2-7-16-33)50(43)45(48)35-20-22-36(23-21-35)57-29-28-52/h1-9,13-24,30,39,41-45,51-53H,11,25-29H2,(H,49,56)/t39-,41-,42+,43+,44-,45-,48+/m0/s1. The molecule has 5 aromatic rings. The van der Waals surface area contributed by atoms with Crippen LogP contribution >= 0.6 is 0 Å². The fourth-order valence-corrected chi connectivity index (χ4v) is 9.16. The van der Waals surface area contributed by atoms with Gasteiger partial charge >= 0.3 is 5.97 Å². The van der Waals surface area contributed by atoms with Crippen LogP contribution in [0.15, 0.2) is 133 Å². The number of fused-ring (bicyclic) bond motifs is 3. The van der Waals surface area contributed by atoms with Crippen LogP contribution < -0.4 is 10.1 Å². The van der Waals surface area contributed by atoms with Crippen molar-refractivity contribution in [3.63, 3.8) is 0 Å². The number of carbonyl (C=O) groups excluding carboxylic acids is 3. The zero-order chi connectivity index (χ0) is 40.2. The molecule has 0 saturated carbocycles. The van der Waals surface area contributed by atoms with Gasteiger partial charge in [-0.3, -0.25) is 19.3 Å². The zero-order valence-electron chi connectivity index (χ0n) is 31.7. The smallest absolute Gasteiger partial charge is 0.324 e. The van der Waals surface area contributed by atoms with Crippen molar-refractivity contribution in [1.29, 1.82) is 0 Å². The molecule has 10 nitrogen and oxygen atoms in total. The molecule has 3 heterocycles. The Morgan fingerprint density at radius 2 is 1.48 bits per heavy atom. The van der Waals surface area contributed by atoms with Crippen LogP contribution in [0.1, 0.15) is 76.9 Å². The number of nitrogens with zero attached hydrogens (tertiary/aromatic N) is 1. The summed E-state index contributed by atoms with van der Waals surface area (Å²) < 4.78 is 12.2. The Morgan fingerprint density at radius 3 is 2.16 bits per heavy atom. The number of benzene rings is 5. The van der Waals surface area contributed by atoms with Gasteiger partial charge in [-0.05, 0) is 64.6 Å². The van der Waals surface area contributed by atoms with Crippen molar-refractivity contribution in [1.82, 2.24) is 4.90 Å². The topological polar surface area (TPSA) is 146 Å². The number of morpholine rings is 1. The molecule has 0 aromatic heterocycles. The largest absolute Gasteiger partial charge is 0.491 e. The maximum Gasteiger partial charge on any atom is 0.324 e. The van der Waals surface area contributed by atoms with E-state index in [0.717, 1.165) is 11.1 Å². The van der Waals surface area contributed by atoms with Crippen LogP contribution in [-0.4, -0.2) is 63.7 Å². The minimum atomic E-state index is -1.69. The molecule has 0 aliphatic carbocycles. The zero-order valence-corrected chi connectivity index (χ0v) is 31.7. The average molecular weight is 777 g/mol. The number of ketones is 1. The van der Waals surface area contributed by atoms with E-state index in [9.17, 15) is 20.1 Å². The van der Waals surface area contributed by atoms with Crippen LogP contribution in [0.4, 0.5) is 5.69 Å². The second kappa shape index (κ2) is 16.8. The summed E-state index contributed by atoms with van der Waals surface area (Å²) in [6, 6.07) is 38.0. The number of carbonyl (C=O) groups is 3. The van der Waals surface area contributed by atoms with E-state index in [0.29, 0.717) is 33.7 Å². The Kier molecular flexibility index (Phi) is 11.2.